The quantitative estimate of drug-likeness (QED) is 0.518. The van der Waals surface area contributed by atoms with E-state index in [9.17, 15) is 4.79 Å². The molecule has 0 spiro atoms. The van der Waals surface area contributed by atoms with Crippen LogP contribution in [0.15, 0.2) is 73.2 Å². The molecule has 5 nitrogen and oxygen atoms in total. The highest BCUT2D eigenvalue weighted by Crippen LogP contribution is 2.34. The zero-order valence-corrected chi connectivity index (χ0v) is 15.5. The molecule has 4 aromatic rings. The number of hydrogen-bond donors (Lipinski definition) is 2. The molecule has 2 aromatic heterocycles. The zero-order chi connectivity index (χ0) is 19.1. The Labute approximate surface area is 163 Å². The maximum absolute atomic E-state index is 13.1. The van der Waals surface area contributed by atoms with Crippen LogP contribution in [0.4, 0.5) is 11.4 Å². The van der Waals surface area contributed by atoms with Gasteiger partial charge in [0, 0.05) is 41.0 Å². The first-order valence-electron chi connectivity index (χ1n) is 9.37. The molecule has 2 N–H and O–H groups in total. The van der Waals surface area contributed by atoms with Crippen LogP contribution < -0.4 is 10.2 Å². The van der Waals surface area contributed by atoms with E-state index in [1.165, 1.54) is 0 Å². The Hall–Kier alpha value is -3.60. The van der Waals surface area contributed by atoms with Gasteiger partial charge in [0.25, 0.3) is 0 Å². The molecule has 0 saturated heterocycles. The first-order valence-corrected chi connectivity index (χ1v) is 9.37. The average Bonchev–Trinajstić information content (AvgIpc) is 3.29. The maximum atomic E-state index is 13.1. The minimum atomic E-state index is 0.0384. The standard InChI is InChI=1S/C23H20N4O/c1-15-26-21-13-24-10-9-22(21)27(15)14-16-5-4-6-17(11-16)23(28)19-12-25-20-8-3-2-7-18(19)20/h2-13,15,25-26H,14H2,1H3. The molecule has 0 radical (unpaired) electrons. The van der Waals surface area contributed by atoms with Crippen molar-refractivity contribution in [2.45, 2.75) is 19.6 Å². The van der Waals surface area contributed by atoms with E-state index < -0.39 is 0 Å². The molecule has 0 amide bonds. The minimum absolute atomic E-state index is 0.0384. The van der Waals surface area contributed by atoms with Gasteiger partial charge in [-0.15, -0.1) is 0 Å². The lowest BCUT2D eigenvalue weighted by molar-refractivity contribution is 0.104. The van der Waals surface area contributed by atoms with Crippen molar-refractivity contribution in [3.63, 3.8) is 0 Å². The van der Waals surface area contributed by atoms with E-state index in [4.69, 9.17) is 0 Å². The van der Waals surface area contributed by atoms with Crippen LogP contribution in [0.1, 0.15) is 28.4 Å². The molecule has 1 aliphatic heterocycles. The molecule has 1 aliphatic rings. The number of pyridine rings is 1. The number of nitrogens with one attached hydrogen (secondary N) is 2. The number of anilines is 2. The normalized spacial score (nSPS) is 15.5. The predicted octanol–water partition coefficient (Wildman–Crippen LogP) is 4.57. The summed E-state index contributed by atoms with van der Waals surface area (Å²) in [6.45, 7) is 2.85. The summed E-state index contributed by atoms with van der Waals surface area (Å²) in [5.41, 5.74) is 5.67. The van der Waals surface area contributed by atoms with Gasteiger partial charge in [0.15, 0.2) is 5.78 Å². The first kappa shape index (κ1) is 16.6. The van der Waals surface area contributed by atoms with Crippen molar-refractivity contribution in [2.75, 3.05) is 10.2 Å². The maximum Gasteiger partial charge on any atom is 0.195 e. The van der Waals surface area contributed by atoms with Crippen molar-refractivity contribution in [3.05, 3.63) is 89.9 Å². The number of H-pyrrole nitrogens is 1. The lowest BCUT2D eigenvalue weighted by Crippen LogP contribution is -2.32. The molecular weight excluding hydrogens is 348 g/mol. The average molecular weight is 368 g/mol. The third-order valence-electron chi connectivity index (χ3n) is 5.32. The van der Waals surface area contributed by atoms with Gasteiger partial charge in [0.1, 0.15) is 0 Å². The van der Waals surface area contributed by atoms with Crippen molar-refractivity contribution in [2.24, 2.45) is 0 Å². The Morgan fingerprint density at radius 2 is 2.04 bits per heavy atom. The second kappa shape index (κ2) is 6.53. The molecule has 138 valence electrons. The summed E-state index contributed by atoms with van der Waals surface area (Å²) in [5.74, 6) is 0.0384. The van der Waals surface area contributed by atoms with Crippen LogP contribution in [0.25, 0.3) is 10.9 Å². The second-order valence-electron chi connectivity index (χ2n) is 7.12. The fourth-order valence-corrected chi connectivity index (χ4v) is 3.90. The second-order valence-corrected chi connectivity index (χ2v) is 7.12. The smallest absolute Gasteiger partial charge is 0.195 e. The van der Waals surface area contributed by atoms with Crippen LogP contribution in [-0.2, 0) is 6.54 Å². The molecule has 1 atom stereocenters. The lowest BCUT2D eigenvalue weighted by atomic mass is 10.0. The lowest BCUT2D eigenvalue weighted by Gasteiger charge is -2.24. The van der Waals surface area contributed by atoms with Crippen LogP contribution in [0.3, 0.4) is 0 Å². The number of benzene rings is 2. The number of para-hydroxylation sites is 1. The largest absolute Gasteiger partial charge is 0.362 e. The summed E-state index contributed by atoms with van der Waals surface area (Å²) in [6.07, 6.45) is 5.63. The van der Waals surface area contributed by atoms with Crippen molar-refractivity contribution in [1.82, 2.24) is 9.97 Å². The van der Waals surface area contributed by atoms with Gasteiger partial charge in [-0.05, 0) is 30.7 Å². The molecule has 1 unspecified atom stereocenters. The van der Waals surface area contributed by atoms with Crippen molar-refractivity contribution in [1.29, 1.82) is 0 Å². The molecule has 0 fully saturated rings. The molecule has 0 saturated carbocycles. The number of fused-ring (bicyclic) bond motifs is 2. The van der Waals surface area contributed by atoms with E-state index >= 15 is 0 Å². The van der Waals surface area contributed by atoms with E-state index in [-0.39, 0.29) is 11.9 Å². The predicted molar refractivity (Wildman–Crippen MR) is 112 cm³/mol. The Balaban J connectivity index is 1.45. The fourth-order valence-electron chi connectivity index (χ4n) is 3.90. The van der Waals surface area contributed by atoms with Gasteiger partial charge in [-0.1, -0.05) is 36.4 Å². The Morgan fingerprint density at radius 3 is 2.96 bits per heavy atom. The monoisotopic (exact) mass is 368 g/mol. The van der Waals surface area contributed by atoms with Crippen molar-refractivity contribution in [3.8, 4) is 0 Å². The van der Waals surface area contributed by atoms with E-state index in [1.807, 2.05) is 60.9 Å². The SMILES string of the molecule is CC1Nc2cnccc2N1Cc1cccc(C(=O)c2c[nH]c3ccccc23)c1. The van der Waals surface area contributed by atoms with Crippen molar-refractivity contribution >= 4 is 28.1 Å². The third-order valence-corrected chi connectivity index (χ3v) is 5.32. The van der Waals surface area contributed by atoms with Crippen LogP contribution in [-0.4, -0.2) is 21.9 Å². The first-order chi connectivity index (χ1) is 13.7. The summed E-state index contributed by atoms with van der Waals surface area (Å²) in [4.78, 5) is 22.8. The number of rotatable bonds is 4. The van der Waals surface area contributed by atoms with E-state index in [0.717, 1.165) is 34.4 Å². The Morgan fingerprint density at radius 1 is 1.14 bits per heavy atom. The van der Waals surface area contributed by atoms with Gasteiger partial charge >= 0.3 is 0 Å². The number of nitrogens with zero attached hydrogens (tertiary/aromatic N) is 2. The molecule has 3 heterocycles. The molecule has 2 aromatic carbocycles. The molecule has 0 aliphatic carbocycles. The van der Waals surface area contributed by atoms with Gasteiger partial charge in [-0.3, -0.25) is 9.78 Å². The van der Waals surface area contributed by atoms with Gasteiger partial charge in [-0.2, -0.15) is 0 Å². The number of hydrogen-bond acceptors (Lipinski definition) is 4. The Bertz CT molecular complexity index is 1180. The minimum Gasteiger partial charge on any atom is -0.362 e. The highest BCUT2D eigenvalue weighted by atomic mass is 16.1. The van der Waals surface area contributed by atoms with Crippen LogP contribution in [0.2, 0.25) is 0 Å². The number of aromatic amines is 1. The van der Waals surface area contributed by atoms with Crippen molar-refractivity contribution < 1.29 is 4.79 Å². The number of ketones is 1. The zero-order valence-electron chi connectivity index (χ0n) is 15.5. The summed E-state index contributed by atoms with van der Waals surface area (Å²) >= 11 is 0. The summed E-state index contributed by atoms with van der Waals surface area (Å²) in [5, 5.41) is 4.40. The Kier molecular flexibility index (Phi) is 3.86. The summed E-state index contributed by atoms with van der Waals surface area (Å²) < 4.78 is 0. The highest BCUT2D eigenvalue weighted by Gasteiger charge is 2.25. The van der Waals surface area contributed by atoms with E-state index in [0.29, 0.717) is 11.1 Å². The summed E-state index contributed by atoms with van der Waals surface area (Å²) in [6, 6.07) is 17.8. The van der Waals surface area contributed by atoms with E-state index in [1.54, 1.807) is 6.20 Å². The van der Waals surface area contributed by atoms with Crippen LogP contribution >= 0.6 is 0 Å². The van der Waals surface area contributed by atoms with Crippen LogP contribution in [0.5, 0.6) is 0 Å². The molecule has 5 rings (SSSR count). The van der Waals surface area contributed by atoms with Crippen LogP contribution in [0, 0.1) is 0 Å². The van der Waals surface area contributed by atoms with Gasteiger partial charge in [0.2, 0.25) is 0 Å². The fraction of sp³-hybridized carbons (Fsp3) is 0.130. The molecule has 5 heteroatoms. The van der Waals surface area contributed by atoms with Gasteiger partial charge in [0.05, 0.1) is 23.7 Å². The molecular formula is C23H20N4O. The topological polar surface area (TPSA) is 61.0 Å². The highest BCUT2D eigenvalue weighted by molar-refractivity contribution is 6.16. The number of aromatic nitrogens is 2. The number of carbonyl (C=O) groups excluding carboxylic acids is 1. The van der Waals surface area contributed by atoms with Gasteiger partial charge in [-0.25, -0.2) is 0 Å². The third kappa shape index (κ3) is 2.72. The summed E-state index contributed by atoms with van der Waals surface area (Å²) in [7, 11) is 0. The van der Waals surface area contributed by atoms with Gasteiger partial charge < -0.3 is 15.2 Å². The molecule has 28 heavy (non-hydrogen) atoms. The van der Waals surface area contributed by atoms with E-state index in [2.05, 4.69) is 33.2 Å². The number of carbonyl (C=O) groups is 1. The molecule has 0 bridgehead atoms.